The third kappa shape index (κ3) is 6.13. The molecule has 2 atom stereocenters. The Bertz CT molecular complexity index is 506. The fourth-order valence-corrected chi connectivity index (χ4v) is 2.88. The van der Waals surface area contributed by atoms with Crippen LogP contribution in [-0.4, -0.2) is 55.0 Å². The summed E-state index contributed by atoms with van der Waals surface area (Å²) in [6.07, 6.45) is 0.436. The van der Waals surface area contributed by atoms with Crippen LogP contribution in [0.1, 0.15) is 31.9 Å². The lowest BCUT2D eigenvalue weighted by Gasteiger charge is -2.38. The van der Waals surface area contributed by atoms with Gasteiger partial charge in [0.2, 0.25) is 5.91 Å². The van der Waals surface area contributed by atoms with Crippen LogP contribution >= 0.6 is 24.8 Å². The zero-order valence-corrected chi connectivity index (χ0v) is 16.2. The van der Waals surface area contributed by atoms with Crippen molar-refractivity contribution >= 4 is 30.7 Å². The number of carbonyl (C=O) groups is 1. The van der Waals surface area contributed by atoms with Crippen molar-refractivity contribution < 1.29 is 9.53 Å². The lowest BCUT2D eigenvalue weighted by molar-refractivity contribution is -0.133. The summed E-state index contributed by atoms with van der Waals surface area (Å²) in [6, 6.07) is 8.44. The molecule has 0 saturated carbocycles. The SMILES string of the molecule is COc1cccc(C(C)N2CCN(C(=O)CC(C)N)CC2)c1.Cl.Cl. The first-order valence-electron chi connectivity index (χ1n) is 7.92. The first-order valence-corrected chi connectivity index (χ1v) is 7.92. The van der Waals surface area contributed by atoms with Gasteiger partial charge in [-0.15, -0.1) is 24.8 Å². The number of carbonyl (C=O) groups excluding carboxylic acids is 1. The van der Waals surface area contributed by atoms with E-state index in [0.29, 0.717) is 12.5 Å². The second-order valence-electron chi connectivity index (χ2n) is 6.05. The first kappa shape index (κ1) is 23.0. The Kier molecular flexibility index (Phi) is 10.3. The van der Waals surface area contributed by atoms with Crippen molar-refractivity contribution in [3.63, 3.8) is 0 Å². The molecule has 1 fully saturated rings. The molecule has 2 unspecified atom stereocenters. The Hall–Kier alpha value is -1.01. The summed E-state index contributed by atoms with van der Waals surface area (Å²) in [5.74, 6) is 1.05. The summed E-state index contributed by atoms with van der Waals surface area (Å²) in [5.41, 5.74) is 6.95. The van der Waals surface area contributed by atoms with Crippen molar-refractivity contribution in [2.75, 3.05) is 33.3 Å². The van der Waals surface area contributed by atoms with Crippen LogP contribution in [0, 0.1) is 0 Å². The van der Waals surface area contributed by atoms with Crippen molar-refractivity contribution in [3.8, 4) is 5.75 Å². The smallest absolute Gasteiger partial charge is 0.224 e. The van der Waals surface area contributed by atoms with E-state index in [9.17, 15) is 4.79 Å². The standard InChI is InChI=1S/C17H27N3O2.2ClH/c1-13(18)11-17(21)20-9-7-19(8-10-20)14(2)15-5-4-6-16(12-15)22-3;;/h4-6,12-14H,7-11,18H2,1-3H3;2*1H. The van der Waals surface area contributed by atoms with Gasteiger partial charge < -0.3 is 15.4 Å². The average Bonchev–Trinajstić information content (AvgIpc) is 2.53. The summed E-state index contributed by atoms with van der Waals surface area (Å²) in [6.45, 7) is 7.42. The summed E-state index contributed by atoms with van der Waals surface area (Å²) in [5, 5.41) is 0. The van der Waals surface area contributed by atoms with E-state index in [0.717, 1.165) is 31.9 Å². The molecule has 2 rings (SSSR count). The van der Waals surface area contributed by atoms with Gasteiger partial charge in [-0.25, -0.2) is 0 Å². The highest BCUT2D eigenvalue weighted by Crippen LogP contribution is 2.24. The quantitative estimate of drug-likeness (QED) is 0.855. The van der Waals surface area contributed by atoms with Crippen LogP contribution < -0.4 is 10.5 Å². The van der Waals surface area contributed by atoms with Crippen molar-refractivity contribution in [1.29, 1.82) is 0 Å². The van der Waals surface area contributed by atoms with Gasteiger partial charge in [0.25, 0.3) is 0 Å². The van der Waals surface area contributed by atoms with E-state index in [2.05, 4.69) is 24.0 Å². The minimum atomic E-state index is -0.0683. The number of nitrogens with zero attached hydrogens (tertiary/aromatic N) is 2. The Morgan fingerprint density at radius 1 is 1.21 bits per heavy atom. The van der Waals surface area contributed by atoms with Crippen molar-refractivity contribution in [1.82, 2.24) is 9.80 Å². The number of hydrogen-bond donors (Lipinski definition) is 1. The van der Waals surface area contributed by atoms with E-state index >= 15 is 0 Å². The molecular weight excluding hydrogens is 349 g/mol. The van der Waals surface area contributed by atoms with Crippen LogP contribution in [0.2, 0.25) is 0 Å². The van der Waals surface area contributed by atoms with Crippen LogP contribution in [0.15, 0.2) is 24.3 Å². The third-order valence-electron chi connectivity index (χ3n) is 4.29. The molecule has 1 aliphatic heterocycles. The molecule has 138 valence electrons. The summed E-state index contributed by atoms with van der Waals surface area (Å²) in [4.78, 5) is 16.4. The van der Waals surface area contributed by atoms with Gasteiger partial charge in [-0.3, -0.25) is 9.69 Å². The van der Waals surface area contributed by atoms with E-state index in [-0.39, 0.29) is 36.8 Å². The van der Waals surface area contributed by atoms with E-state index < -0.39 is 0 Å². The van der Waals surface area contributed by atoms with Crippen LogP contribution in [0.3, 0.4) is 0 Å². The normalized spacial score (nSPS) is 17.2. The molecule has 0 spiro atoms. The molecule has 5 nitrogen and oxygen atoms in total. The summed E-state index contributed by atoms with van der Waals surface area (Å²) < 4.78 is 5.29. The minimum Gasteiger partial charge on any atom is -0.497 e. The lowest BCUT2D eigenvalue weighted by atomic mass is 10.1. The summed E-state index contributed by atoms with van der Waals surface area (Å²) >= 11 is 0. The maximum Gasteiger partial charge on any atom is 0.224 e. The Morgan fingerprint density at radius 3 is 2.38 bits per heavy atom. The predicted molar refractivity (Wildman–Crippen MR) is 102 cm³/mol. The number of rotatable bonds is 5. The number of halogens is 2. The van der Waals surface area contributed by atoms with Crippen LogP contribution in [0.4, 0.5) is 0 Å². The van der Waals surface area contributed by atoms with Gasteiger partial charge in [0, 0.05) is 44.7 Å². The largest absolute Gasteiger partial charge is 0.497 e. The third-order valence-corrected chi connectivity index (χ3v) is 4.29. The second-order valence-corrected chi connectivity index (χ2v) is 6.05. The number of piperazine rings is 1. The number of methoxy groups -OCH3 is 1. The highest BCUT2D eigenvalue weighted by Gasteiger charge is 2.25. The highest BCUT2D eigenvalue weighted by atomic mass is 35.5. The molecule has 1 amide bonds. The molecule has 2 N–H and O–H groups in total. The molecule has 1 heterocycles. The Morgan fingerprint density at radius 2 is 1.83 bits per heavy atom. The van der Waals surface area contributed by atoms with Gasteiger partial charge in [-0.1, -0.05) is 12.1 Å². The second kappa shape index (κ2) is 10.8. The molecule has 0 bridgehead atoms. The molecule has 24 heavy (non-hydrogen) atoms. The molecule has 0 aliphatic carbocycles. The van der Waals surface area contributed by atoms with Crippen molar-refractivity contribution in [2.24, 2.45) is 5.73 Å². The number of benzene rings is 1. The maximum absolute atomic E-state index is 12.0. The zero-order chi connectivity index (χ0) is 16.1. The fraction of sp³-hybridized carbons (Fsp3) is 0.588. The van der Waals surface area contributed by atoms with Gasteiger partial charge in [-0.05, 0) is 31.5 Å². The van der Waals surface area contributed by atoms with Crippen molar-refractivity contribution in [3.05, 3.63) is 29.8 Å². The minimum absolute atomic E-state index is 0. The number of ether oxygens (including phenoxy) is 1. The number of hydrogen-bond acceptors (Lipinski definition) is 4. The molecule has 0 radical (unpaired) electrons. The Labute approximate surface area is 157 Å². The fourth-order valence-electron chi connectivity index (χ4n) is 2.88. The maximum atomic E-state index is 12.0. The summed E-state index contributed by atoms with van der Waals surface area (Å²) in [7, 11) is 1.69. The molecular formula is C17H29Cl2N3O2. The first-order chi connectivity index (χ1) is 10.5. The van der Waals surface area contributed by atoms with Gasteiger partial charge in [0.05, 0.1) is 7.11 Å². The molecule has 1 aliphatic rings. The molecule has 7 heteroatoms. The number of nitrogens with two attached hydrogens (primary N) is 1. The zero-order valence-electron chi connectivity index (χ0n) is 14.6. The van der Waals surface area contributed by atoms with E-state index in [4.69, 9.17) is 10.5 Å². The Balaban J connectivity index is 0.00000264. The van der Waals surface area contributed by atoms with Crippen LogP contribution in [-0.2, 0) is 4.79 Å². The van der Waals surface area contributed by atoms with Crippen LogP contribution in [0.25, 0.3) is 0 Å². The number of amides is 1. The van der Waals surface area contributed by atoms with Gasteiger partial charge >= 0.3 is 0 Å². The topological polar surface area (TPSA) is 58.8 Å². The molecule has 1 saturated heterocycles. The molecule has 0 aromatic heterocycles. The lowest BCUT2D eigenvalue weighted by Crippen LogP contribution is -2.50. The average molecular weight is 378 g/mol. The van der Waals surface area contributed by atoms with E-state index in [1.54, 1.807) is 7.11 Å². The highest BCUT2D eigenvalue weighted by molar-refractivity contribution is 5.85. The van der Waals surface area contributed by atoms with Gasteiger partial charge in [0.1, 0.15) is 5.75 Å². The molecule has 1 aromatic carbocycles. The van der Waals surface area contributed by atoms with E-state index in [1.807, 2.05) is 24.0 Å². The monoisotopic (exact) mass is 377 g/mol. The van der Waals surface area contributed by atoms with Crippen LogP contribution in [0.5, 0.6) is 5.75 Å². The van der Waals surface area contributed by atoms with Gasteiger partial charge in [-0.2, -0.15) is 0 Å². The predicted octanol–water partition coefficient (Wildman–Crippen LogP) is 2.48. The van der Waals surface area contributed by atoms with Crippen molar-refractivity contribution in [2.45, 2.75) is 32.4 Å². The van der Waals surface area contributed by atoms with Gasteiger partial charge in [0.15, 0.2) is 0 Å². The van der Waals surface area contributed by atoms with E-state index in [1.165, 1.54) is 5.56 Å². The molecule has 1 aromatic rings.